The number of ether oxygens (including phenoxy) is 8. The molecule has 35 heavy (non-hydrogen) atoms. The molecular formula is C25H50O10. The van der Waals surface area contributed by atoms with Crippen LogP contribution in [0.1, 0.15) is 51.9 Å². The summed E-state index contributed by atoms with van der Waals surface area (Å²) in [5.74, 6) is -0.866. The number of carboxylic acid groups (broad SMARTS) is 1. The van der Waals surface area contributed by atoms with Gasteiger partial charge in [-0.3, -0.25) is 4.79 Å². The lowest BCUT2D eigenvalue weighted by Crippen LogP contribution is -2.15. The van der Waals surface area contributed by atoms with Gasteiger partial charge in [-0.1, -0.05) is 39.0 Å². The number of aliphatic carboxylic acids is 1. The molecule has 0 saturated heterocycles. The molecule has 0 aliphatic carbocycles. The average Bonchev–Trinajstić information content (AvgIpc) is 2.85. The normalized spacial score (nSPS) is 11.3. The fourth-order valence-corrected chi connectivity index (χ4v) is 2.79. The summed E-state index contributed by atoms with van der Waals surface area (Å²) in [5, 5.41) is 8.46. The Morgan fingerprint density at radius 2 is 0.714 bits per heavy atom. The van der Waals surface area contributed by atoms with Crippen LogP contribution < -0.4 is 0 Å². The summed E-state index contributed by atoms with van der Waals surface area (Å²) >= 11 is 0. The van der Waals surface area contributed by atoms with Crippen molar-refractivity contribution < 1.29 is 47.8 Å². The zero-order chi connectivity index (χ0) is 25.5. The number of hydrogen-bond acceptors (Lipinski definition) is 9. The minimum absolute atomic E-state index is 0.00731. The zero-order valence-corrected chi connectivity index (χ0v) is 21.9. The van der Waals surface area contributed by atoms with E-state index in [2.05, 4.69) is 6.92 Å². The van der Waals surface area contributed by atoms with Crippen molar-refractivity contribution in [1.82, 2.24) is 0 Å². The highest BCUT2D eigenvalue weighted by Gasteiger charge is 1.97. The molecule has 210 valence electrons. The molecule has 0 aromatic rings. The van der Waals surface area contributed by atoms with E-state index >= 15 is 0 Å². The molecule has 0 unspecified atom stereocenters. The minimum Gasteiger partial charge on any atom is -0.481 e. The molecule has 0 aliphatic rings. The third-order valence-electron chi connectivity index (χ3n) is 4.71. The van der Waals surface area contributed by atoms with Crippen molar-refractivity contribution in [1.29, 1.82) is 0 Å². The summed E-state index contributed by atoms with van der Waals surface area (Å²) in [5.41, 5.74) is 0. The van der Waals surface area contributed by atoms with Crippen molar-refractivity contribution in [2.75, 3.05) is 106 Å². The quantitative estimate of drug-likeness (QED) is 0.140. The molecule has 0 aromatic carbocycles. The van der Waals surface area contributed by atoms with Crippen LogP contribution in [-0.4, -0.2) is 117 Å². The molecule has 0 aromatic heterocycles. The van der Waals surface area contributed by atoms with Crippen molar-refractivity contribution in [2.45, 2.75) is 51.9 Å². The summed E-state index contributed by atoms with van der Waals surface area (Å²) in [6.07, 6.45) is 7.68. The summed E-state index contributed by atoms with van der Waals surface area (Å²) in [7, 11) is 0. The lowest BCUT2D eigenvalue weighted by atomic mass is 10.1. The molecule has 0 spiro atoms. The second kappa shape index (κ2) is 31.2. The molecule has 0 atom stereocenters. The first-order chi connectivity index (χ1) is 17.3. The molecule has 0 fully saturated rings. The first kappa shape index (κ1) is 34.1. The number of hydrogen-bond donors (Lipinski definition) is 1. The largest absolute Gasteiger partial charge is 0.481 e. The fourth-order valence-electron chi connectivity index (χ4n) is 2.79. The van der Waals surface area contributed by atoms with Gasteiger partial charge in [0, 0.05) is 6.61 Å². The van der Waals surface area contributed by atoms with Crippen molar-refractivity contribution in [3.8, 4) is 0 Å². The van der Waals surface area contributed by atoms with Crippen LogP contribution in [0.25, 0.3) is 0 Å². The molecule has 0 radical (unpaired) electrons. The van der Waals surface area contributed by atoms with Crippen LogP contribution in [0.4, 0.5) is 0 Å². The maximum Gasteiger partial charge on any atom is 0.305 e. The van der Waals surface area contributed by atoms with E-state index < -0.39 is 5.97 Å². The van der Waals surface area contributed by atoms with Gasteiger partial charge in [0.2, 0.25) is 0 Å². The van der Waals surface area contributed by atoms with Crippen LogP contribution in [-0.2, 0) is 42.7 Å². The third kappa shape index (κ3) is 33.1. The first-order valence-corrected chi connectivity index (χ1v) is 13.1. The smallest absolute Gasteiger partial charge is 0.305 e. The van der Waals surface area contributed by atoms with E-state index in [1.165, 1.54) is 32.1 Å². The van der Waals surface area contributed by atoms with Crippen LogP contribution in [0.3, 0.4) is 0 Å². The molecule has 10 nitrogen and oxygen atoms in total. The van der Waals surface area contributed by atoms with Gasteiger partial charge in [0.05, 0.1) is 106 Å². The van der Waals surface area contributed by atoms with Crippen molar-refractivity contribution in [3.05, 3.63) is 0 Å². The molecule has 10 heteroatoms. The SMILES string of the molecule is CCCCCCCCOCCOCCOCCOCCOCCOCCOCCOCCC(=O)O. The van der Waals surface area contributed by atoms with Crippen LogP contribution in [0.15, 0.2) is 0 Å². The van der Waals surface area contributed by atoms with Gasteiger partial charge in [0.15, 0.2) is 0 Å². The van der Waals surface area contributed by atoms with E-state index in [-0.39, 0.29) is 13.0 Å². The second-order valence-corrected chi connectivity index (χ2v) is 7.81. The molecule has 0 rings (SSSR count). The Kier molecular flexibility index (Phi) is 30.4. The van der Waals surface area contributed by atoms with Gasteiger partial charge in [-0.15, -0.1) is 0 Å². The lowest BCUT2D eigenvalue weighted by Gasteiger charge is -2.08. The Hall–Kier alpha value is -0.850. The Morgan fingerprint density at radius 1 is 0.429 bits per heavy atom. The number of carboxylic acids is 1. The van der Waals surface area contributed by atoms with Gasteiger partial charge in [-0.25, -0.2) is 0 Å². The maximum atomic E-state index is 10.3. The predicted octanol–water partition coefficient (Wildman–Crippen LogP) is 2.95. The first-order valence-electron chi connectivity index (χ1n) is 13.1. The molecule has 0 amide bonds. The highest BCUT2D eigenvalue weighted by atomic mass is 16.6. The topological polar surface area (TPSA) is 111 Å². The van der Waals surface area contributed by atoms with Gasteiger partial charge in [0.25, 0.3) is 0 Å². The zero-order valence-electron chi connectivity index (χ0n) is 21.9. The van der Waals surface area contributed by atoms with Gasteiger partial charge in [-0.05, 0) is 6.42 Å². The van der Waals surface area contributed by atoms with Crippen LogP contribution in [0.2, 0.25) is 0 Å². The number of carbonyl (C=O) groups is 1. The van der Waals surface area contributed by atoms with Crippen molar-refractivity contribution in [3.63, 3.8) is 0 Å². The molecule has 0 bridgehead atoms. The Bertz CT molecular complexity index is 412. The van der Waals surface area contributed by atoms with E-state index in [4.69, 9.17) is 43.0 Å². The van der Waals surface area contributed by atoms with Gasteiger partial charge in [-0.2, -0.15) is 0 Å². The standard InChI is InChI=1S/C25H50O10/c1-2-3-4-5-6-7-9-28-11-13-30-15-17-32-19-21-34-23-24-35-22-20-33-18-16-31-14-12-29-10-8-25(26)27/h2-24H2,1H3,(H,26,27). The highest BCUT2D eigenvalue weighted by Crippen LogP contribution is 2.04. The molecular weight excluding hydrogens is 460 g/mol. The Labute approximate surface area is 211 Å². The Balaban J connectivity index is 3.01. The van der Waals surface area contributed by atoms with Crippen molar-refractivity contribution in [2.24, 2.45) is 0 Å². The van der Waals surface area contributed by atoms with E-state index in [9.17, 15) is 4.79 Å². The average molecular weight is 511 g/mol. The predicted molar refractivity (Wildman–Crippen MR) is 132 cm³/mol. The third-order valence-corrected chi connectivity index (χ3v) is 4.71. The summed E-state index contributed by atoms with van der Waals surface area (Å²) < 4.78 is 43.2. The van der Waals surface area contributed by atoms with E-state index in [1.54, 1.807) is 0 Å². The monoisotopic (exact) mass is 510 g/mol. The summed E-state index contributed by atoms with van der Waals surface area (Å²) in [4.78, 5) is 10.3. The van der Waals surface area contributed by atoms with Gasteiger partial charge in [0.1, 0.15) is 0 Å². The number of unbranched alkanes of at least 4 members (excludes halogenated alkanes) is 5. The molecule has 0 saturated carbocycles. The van der Waals surface area contributed by atoms with Crippen LogP contribution >= 0.6 is 0 Å². The van der Waals surface area contributed by atoms with Crippen LogP contribution in [0.5, 0.6) is 0 Å². The van der Waals surface area contributed by atoms with E-state index in [0.717, 1.165) is 13.0 Å². The van der Waals surface area contributed by atoms with Gasteiger partial charge < -0.3 is 43.0 Å². The molecule has 0 aliphatic heterocycles. The maximum absolute atomic E-state index is 10.3. The van der Waals surface area contributed by atoms with Crippen LogP contribution in [0, 0.1) is 0 Å². The Morgan fingerprint density at radius 3 is 1.06 bits per heavy atom. The molecule has 0 heterocycles. The van der Waals surface area contributed by atoms with E-state index in [0.29, 0.717) is 92.5 Å². The fraction of sp³-hybridized carbons (Fsp3) is 0.960. The second-order valence-electron chi connectivity index (χ2n) is 7.81. The van der Waals surface area contributed by atoms with Crippen molar-refractivity contribution >= 4 is 5.97 Å². The van der Waals surface area contributed by atoms with E-state index in [1.807, 2.05) is 0 Å². The lowest BCUT2D eigenvalue weighted by molar-refractivity contribution is -0.138. The number of rotatable bonds is 31. The van der Waals surface area contributed by atoms with Gasteiger partial charge >= 0.3 is 5.97 Å². The summed E-state index contributed by atoms with van der Waals surface area (Å²) in [6, 6.07) is 0. The minimum atomic E-state index is -0.866. The molecule has 1 N–H and O–H groups in total. The highest BCUT2D eigenvalue weighted by molar-refractivity contribution is 5.66. The summed E-state index contributed by atoms with van der Waals surface area (Å²) in [6.45, 7) is 10.4.